The van der Waals surface area contributed by atoms with Crippen molar-refractivity contribution in [1.82, 2.24) is 5.32 Å². The largest absolute Gasteiger partial charge is 0.480 e. The number of aliphatic carboxylic acids is 1. The number of carboxylic acids is 1. The second kappa shape index (κ2) is 6.51. The van der Waals surface area contributed by atoms with Crippen molar-refractivity contribution in [1.29, 1.82) is 0 Å². The Morgan fingerprint density at radius 2 is 2.05 bits per heavy atom. The van der Waals surface area contributed by atoms with Gasteiger partial charge < -0.3 is 20.9 Å². The van der Waals surface area contributed by atoms with E-state index in [1.807, 2.05) is 0 Å². The third-order valence-corrected chi connectivity index (χ3v) is 3.65. The van der Waals surface area contributed by atoms with Crippen LogP contribution in [0.3, 0.4) is 0 Å². The fourth-order valence-electron chi connectivity index (χ4n) is 2.06. The van der Waals surface area contributed by atoms with Crippen molar-refractivity contribution in [2.75, 3.05) is 13.7 Å². The summed E-state index contributed by atoms with van der Waals surface area (Å²) in [5.74, 6) is -2.00. The van der Waals surface area contributed by atoms with Gasteiger partial charge in [0.15, 0.2) is 0 Å². The molecule has 1 aliphatic carbocycles. The lowest BCUT2D eigenvalue weighted by Gasteiger charge is -2.39. The summed E-state index contributed by atoms with van der Waals surface area (Å²) in [7, 11) is 1.23. The number of methoxy groups -OCH3 is 1. The van der Waals surface area contributed by atoms with Crippen molar-refractivity contribution in [2.45, 2.75) is 38.1 Å². The fourth-order valence-corrected chi connectivity index (χ4v) is 2.06. The summed E-state index contributed by atoms with van der Waals surface area (Å²) >= 11 is 0. The van der Waals surface area contributed by atoms with Crippen LogP contribution in [0.4, 0.5) is 0 Å². The van der Waals surface area contributed by atoms with Crippen molar-refractivity contribution in [2.24, 2.45) is 11.1 Å². The smallest absolute Gasteiger partial charge is 0.326 e. The number of ether oxygens (including phenoxy) is 1. The van der Waals surface area contributed by atoms with Crippen molar-refractivity contribution < 1.29 is 24.2 Å². The number of hydrogen-bond acceptors (Lipinski definition) is 5. The molecule has 1 aliphatic rings. The molecule has 19 heavy (non-hydrogen) atoms. The maximum atomic E-state index is 12.0. The molecule has 0 aromatic heterocycles. The van der Waals surface area contributed by atoms with Gasteiger partial charge in [0, 0.05) is 13.0 Å². The van der Waals surface area contributed by atoms with Gasteiger partial charge in [-0.2, -0.15) is 0 Å². The van der Waals surface area contributed by atoms with Gasteiger partial charge in [-0.3, -0.25) is 9.59 Å². The second-order valence-electron chi connectivity index (χ2n) is 4.82. The minimum Gasteiger partial charge on any atom is -0.480 e. The molecule has 0 unspecified atom stereocenters. The third kappa shape index (κ3) is 3.66. The predicted octanol–water partition coefficient (Wildman–Crippen LogP) is -0.362. The third-order valence-electron chi connectivity index (χ3n) is 3.65. The van der Waals surface area contributed by atoms with E-state index in [1.165, 1.54) is 7.11 Å². The summed E-state index contributed by atoms with van der Waals surface area (Å²) in [6.45, 7) is 0.210. The Hall–Kier alpha value is -1.63. The molecule has 0 aromatic carbocycles. The Morgan fingerprint density at radius 1 is 1.42 bits per heavy atom. The van der Waals surface area contributed by atoms with Gasteiger partial charge in [-0.25, -0.2) is 4.79 Å². The first-order chi connectivity index (χ1) is 8.95. The summed E-state index contributed by atoms with van der Waals surface area (Å²) < 4.78 is 4.44. The van der Waals surface area contributed by atoms with Crippen LogP contribution in [-0.2, 0) is 19.1 Å². The molecule has 1 saturated carbocycles. The van der Waals surface area contributed by atoms with Gasteiger partial charge in [0.1, 0.15) is 6.04 Å². The van der Waals surface area contributed by atoms with Crippen molar-refractivity contribution in [3.8, 4) is 0 Å². The number of carbonyl (C=O) groups is 3. The average Bonchev–Trinajstić information content (AvgIpc) is 2.32. The molecule has 1 rings (SSSR count). The number of carbonyl (C=O) groups excluding carboxylic acids is 2. The Bertz CT molecular complexity index is 360. The van der Waals surface area contributed by atoms with Crippen molar-refractivity contribution in [3.63, 3.8) is 0 Å². The zero-order valence-corrected chi connectivity index (χ0v) is 11.0. The van der Waals surface area contributed by atoms with E-state index >= 15 is 0 Å². The number of esters is 1. The van der Waals surface area contributed by atoms with Crippen LogP contribution in [-0.4, -0.2) is 42.6 Å². The van der Waals surface area contributed by atoms with Crippen LogP contribution in [0.15, 0.2) is 0 Å². The molecule has 1 atom stereocenters. The standard InChI is InChI=1S/C12H20N2O5/c1-19-9(15)4-3-8(10(16)17)14-11(18)12(7-13)5-2-6-12/h8H,2-7,13H2,1H3,(H,14,18)(H,16,17)/t8-/m0/s1. The molecule has 1 fully saturated rings. The highest BCUT2D eigenvalue weighted by Crippen LogP contribution is 2.40. The number of amides is 1. The molecule has 7 nitrogen and oxygen atoms in total. The van der Waals surface area contributed by atoms with Crippen molar-refractivity contribution >= 4 is 17.8 Å². The summed E-state index contributed by atoms with van der Waals surface area (Å²) in [6, 6.07) is -1.09. The van der Waals surface area contributed by atoms with Crippen LogP contribution in [0, 0.1) is 5.41 Å². The summed E-state index contributed by atoms with van der Waals surface area (Å²) in [4.78, 5) is 34.1. The second-order valence-corrected chi connectivity index (χ2v) is 4.82. The number of carboxylic acid groups (broad SMARTS) is 1. The van der Waals surface area contributed by atoms with Crippen LogP contribution in [0.5, 0.6) is 0 Å². The maximum Gasteiger partial charge on any atom is 0.326 e. The van der Waals surface area contributed by atoms with Crippen LogP contribution in [0.2, 0.25) is 0 Å². The lowest BCUT2D eigenvalue weighted by molar-refractivity contribution is -0.147. The number of nitrogens with one attached hydrogen (secondary N) is 1. The van der Waals surface area contributed by atoms with E-state index in [0.29, 0.717) is 12.8 Å². The first kappa shape index (κ1) is 15.4. The molecule has 7 heteroatoms. The van der Waals surface area contributed by atoms with E-state index in [2.05, 4.69) is 10.1 Å². The van der Waals surface area contributed by atoms with E-state index in [4.69, 9.17) is 10.8 Å². The molecule has 108 valence electrons. The van der Waals surface area contributed by atoms with Crippen LogP contribution >= 0.6 is 0 Å². The fraction of sp³-hybridized carbons (Fsp3) is 0.750. The quantitative estimate of drug-likeness (QED) is 0.544. The Balaban J connectivity index is 2.56. The van der Waals surface area contributed by atoms with Gasteiger partial charge in [-0.15, -0.1) is 0 Å². The highest BCUT2D eigenvalue weighted by molar-refractivity contribution is 5.88. The summed E-state index contributed by atoms with van der Waals surface area (Å²) in [6.07, 6.45) is 2.24. The molecule has 0 aliphatic heterocycles. The van der Waals surface area contributed by atoms with Gasteiger partial charge in [0.05, 0.1) is 12.5 Å². The molecular formula is C12H20N2O5. The highest BCUT2D eigenvalue weighted by Gasteiger charge is 2.43. The molecule has 0 bridgehead atoms. The monoisotopic (exact) mass is 272 g/mol. The minimum atomic E-state index is -1.16. The minimum absolute atomic E-state index is 0.00833. The van der Waals surface area contributed by atoms with Crippen LogP contribution in [0.25, 0.3) is 0 Å². The first-order valence-corrected chi connectivity index (χ1v) is 6.26. The topological polar surface area (TPSA) is 119 Å². The van der Waals surface area contributed by atoms with Crippen LogP contribution in [0.1, 0.15) is 32.1 Å². The van der Waals surface area contributed by atoms with Crippen LogP contribution < -0.4 is 11.1 Å². The molecule has 0 spiro atoms. The van der Waals surface area contributed by atoms with Gasteiger partial charge in [0.25, 0.3) is 0 Å². The highest BCUT2D eigenvalue weighted by atomic mass is 16.5. The Morgan fingerprint density at radius 3 is 2.42 bits per heavy atom. The molecule has 1 amide bonds. The predicted molar refractivity (Wildman–Crippen MR) is 66.2 cm³/mol. The average molecular weight is 272 g/mol. The molecular weight excluding hydrogens is 252 g/mol. The summed E-state index contributed by atoms with van der Waals surface area (Å²) in [5.41, 5.74) is 4.96. The summed E-state index contributed by atoms with van der Waals surface area (Å²) in [5, 5.41) is 11.5. The first-order valence-electron chi connectivity index (χ1n) is 6.26. The van der Waals surface area contributed by atoms with Gasteiger partial charge in [-0.05, 0) is 19.3 Å². The lowest BCUT2D eigenvalue weighted by atomic mass is 9.68. The van der Waals surface area contributed by atoms with E-state index in [-0.39, 0.29) is 25.3 Å². The molecule has 0 saturated heterocycles. The van der Waals surface area contributed by atoms with Gasteiger partial charge in [0.2, 0.25) is 5.91 Å². The van der Waals surface area contributed by atoms with Crippen molar-refractivity contribution in [3.05, 3.63) is 0 Å². The number of nitrogens with two attached hydrogens (primary N) is 1. The normalized spacial score (nSPS) is 18.0. The van der Waals surface area contributed by atoms with E-state index in [0.717, 1.165) is 6.42 Å². The van der Waals surface area contributed by atoms with Gasteiger partial charge >= 0.3 is 11.9 Å². The lowest BCUT2D eigenvalue weighted by Crippen LogP contribution is -2.54. The Kier molecular flexibility index (Phi) is 5.29. The van der Waals surface area contributed by atoms with E-state index < -0.39 is 23.4 Å². The number of hydrogen-bond donors (Lipinski definition) is 3. The number of rotatable bonds is 7. The molecule has 0 aromatic rings. The molecule has 0 radical (unpaired) electrons. The molecule has 0 heterocycles. The van der Waals surface area contributed by atoms with E-state index in [9.17, 15) is 14.4 Å². The SMILES string of the molecule is COC(=O)CC[C@H](NC(=O)C1(CN)CCC1)C(=O)O. The van der Waals surface area contributed by atoms with Gasteiger partial charge in [-0.1, -0.05) is 6.42 Å². The Labute approximate surface area is 111 Å². The molecule has 4 N–H and O–H groups in total. The van der Waals surface area contributed by atoms with E-state index in [1.54, 1.807) is 0 Å². The maximum absolute atomic E-state index is 12.0. The zero-order valence-electron chi connectivity index (χ0n) is 11.0. The zero-order chi connectivity index (χ0) is 14.5.